The highest BCUT2D eigenvalue weighted by molar-refractivity contribution is 7.89. The smallest absolute Gasteiger partial charge is 0.253 e. The summed E-state index contributed by atoms with van der Waals surface area (Å²) in [5, 5.41) is 0.540. The van der Waals surface area contributed by atoms with Gasteiger partial charge in [0.1, 0.15) is 6.61 Å². The summed E-state index contributed by atoms with van der Waals surface area (Å²) in [5.74, 6) is -0.0648. The molecule has 23 heavy (non-hydrogen) atoms. The lowest BCUT2D eigenvalue weighted by Crippen LogP contribution is -2.50. The molecule has 0 aromatic heterocycles. The highest BCUT2D eigenvalue weighted by Crippen LogP contribution is 2.22. The Balaban J connectivity index is 1.96. The number of morpholine rings is 1. The van der Waals surface area contributed by atoms with E-state index >= 15 is 0 Å². The summed E-state index contributed by atoms with van der Waals surface area (Å²) < 4.78 is 31.6. The highest BCUT2D eigenvalue weighted by Gasteiger charge is 2.28. The van der Waals surface area contributed by atoms with Gasteiger partial charge in [-0.15, -0.1) is 0 Å². The Hall–Kier alpha value is -1.15. The molecule has 1 N–H and O–H groups in total. The van der Waals surface area contributed by atoms with Crippen molar-refractivity contribution in [2.45, 2.75) is 25.9 Å². The molecule has 0 saturated carbocycles. The number of carbonyl (C=O) groups excluding carboxylic acids is 1. The van der Waals surface area contributed by atoms with Gasteiger partial charge in [-0.05, 0) is 24.6 Å². The van der Waals surface area contributed by atoms with Crippen molar-refractivity contribution in [3.8, 4) is 0 Å². The summed E-state index contributed by atoms with van der Waals surface area (Å²) in [7, 11) is -3.30. The van der Waals surface area contributed by atoms with Gasteiger partial charge >= 0.3 is 0 Å². The summed E-state index contributed by atoms with van der Waals surface area (Å²) in [4.78, 5) is 13.6. The number of anilines is 1. The molecule has 0 bridgehead atoms. The Kier molecular flexibility index (Phi) is 6.41. The van der Waals surface area contributed by atoms with Crippen LogP contribution >= 0.6 is 11.6 Å². The molecule has 1 atom stereocenters. The number of hydrogen-bond donors (Lipinski definition) is 1. The van der Waals surface area contributed by atoms with Gasteiger partial charge in [-0.3, -0.25) is 4.79 Å². The molecule has 8 heteroatoms. The average molecular weight is 361 g/mol. The van der Waals surface area contributed by atoms with Crippen LogP contribution in [0.4, 0.5) is 5.69 Å². The maximum atomic E-state index is 12.0. The second-order valence-electron chi connectivity index (χ2n) is 5.44. The largest absolute Gasteiger partial charge is 0.365 e. The maximum absolute atomic E-state index is 12.0. The van der Waals surface area contributed by atoms with Crippen LogP contribution in [0.1, 0.15) is 19.8 Å². The van der Waals surface area contributed by atoms with Crippen molar-refractivity contribution in [2.75, 3.05) is 30.3 Å². The normalized spacial score (nSPS) is 19.1. The molecule has 1 aliphatic rings. The number of benzene rings is 1. The first-order valence-electron chi connectivity index (χ1n) is 7.56. The van der Waals surface area contributed by atoms with Gasteiger partial charge in [0.15, 0.2) is 0 Å². The van der Waals surface area contributed by atoms with Gasteiger partial charge in [0.25, 0.3) is 5.91 Å². The minimum Gasteiger partial charge on any atom is -0.365 e. The molecule has 1 aliphatic heterocycles. The van der Waals surface area contributed by atoms with Crippen LogP contribution in [0.25, 0.3) is 0 Å². The Bertz CT molecular complexity index is 651. The summed E-state index contributed by atoms with van der Waals surface area (Å²) in [6, 6.07) is 6.99. The van der Waals surface area contributed by atoms with E-state index in [-0.39, 0.29) is 37.5 Å². The van der Waals surface area contributed by atoms with Crippen molar-refractivity contribution in [1.82, 2.24) is 4.72 Å². The van der Waals surface area contributed by atoms with Crippen LogP contribution < -0.4 is 9.62 Å². The van der Waals surface area contributed by atoms with E-state index in [1.807, 2.05) is 6.92 Å². The quantitative estimate of drug-likeness (QED) is 0.804. The Morgan fingerprint density at radius 2 is 2.22 bits per heavy atom. The molecule has 1 aromatic rings. The Labute approximate surface area is 141 Å². The van der Waals surface area contributed by atoms with Crippen LogP contribution in [0.5, 0.6) is 0 Å². The fourth-order valence-corrected chi connectivity index (χ4v) is 3.71. The molecule has 0 aliphatic carbocycles. The van der Waals surface area contributed by atoms with Crippen molar-refractivity contribution in [2.24, 2.45) is 0 Å². The van der Waals surface area contributed by atoms with Crippen LogP contribution in [0, 0.1) is 0 Å². The van der Waals surface area contributed by atoms with Crippen molar-refractivity contribution in [1.29, 1.82) is 0 Å². The van der Waals surface area contributed by atoms with E-state index in [4.69, 9.17) is 16.3 Å². The number of nitrogens with zero attached hydrogens (tertiary/aromatic N) is 1. The lowest BCUT2D eigenvalue weighted by atomic mass is 10.2. The molecular weight excluding hydrogens is 340 g/mol. The molecule has 1 aromatic carbocycles. The van der Waals surface area contributed by atoms with Crippen molar-refractivity contribution < 1.29 is 17.9 Å². The van der Waals surface area contributed by atoms with Crippen LogP contribution in [-0.4, -0.2) is 45.9 Å². The molecule has 6 nitrogen and oxygen atoms in total. The predicted molar refractivity (Wildman–Crippen MR) is 90.2 cm³/mol. The third kappa shape index (κ3) is 5.46. The zero-order valence-electron chi connectivity index (χ0n) is 13.0. The third-order valence-corrected chi connectivity index (χ3v) is 5.21. The summed E-state index contributed by atoms with van der Waals surface area (Å²) >= 11 is 5.96. The number of hydrogen-bond acceptors (Lipinski definition) is 4. The Morgan fingerprint density at radius 1 is 1.43 bits per heavy atom. The zero-order chi connectivity index (χ0) is 16.9. The number of ether oxygens (including phenoxy) is 1. The van der Waals surface area contributed by atoms with Gasteiger partial charge in [-0.1, -0.05) is 31.0 Å². The zero-order valence-corrected chi connectivity index (χ0v) is 14.6. The maximum Gasteiger partial charge on any atom is 0.253 e. The van der Waals surface area contributed by atoms with E-state index in [0.29, 0.717) is 17.1 Å². The van der Waals surface area contributed by atoms with Gasteiger partial charge in [-0.25, -0.2) is 13.1 Å². The Morgan fingerprint density at radius 3 is 2.91 bits per heavy atom. The fourth-order valence-electron chi connectivity index (χ4n) is 2.27. The predicted octanol–water partition coefficient (Wildman–Crippen LogP) is 1.79. The van der Waals surface area contributed by atoms with Gasteiger partial charge in [0.05, 0.1) is 18.4 Å². The molecular formula is C15H21ClN2O4S. The molecule has 2 rings (SSSR count). The number of sulfonamides is 1. The molecule has 1 heterocycles. The molecule has 1 saturated heterocycles. The standard InChI is InChI=1S/C15H21ClN2O4S/c1-2-3-7-23(20,21)17-9-14-10-18(15(19)11-22-14)13-6-4-5-12(16)8-13/h4-6,8,14,17H,2-3,7,9-11H2,1H3. The van der Waals surface area contributed by atoms with E-state index in [0.717, 1.165) is 6.42 Å². The minimum absolute atomic E-state index is 0.0755. The number of halogens is 1. The van der Waals surface area contributed by atoms with Crippen molar-refractivity contribution in [3.05, 3.63) is 29.3 Å². The second kappa shape index (κ2) is 8.10. The fraction of sp³-hybridized carbons (Fsp3) is 0.533. The highest BCUT2D eigenvalue weighted by atomic mass is 35.5. The van der Waals surface area contributed by atoms with Crippen LogP contribution in [0.2, 0.25) is 5.02 Å². The van der Waals surface area contributed by atoms with Gasteiger partial charge in [-0.2, -0.15) is 0 Å². The van der Waals surface area contributed by atoms with Crippen LogP contribution in [0.15, 0.2) is 24.3 Å². The molecule has 0 radical (unpaired) electrons. The van der Waals surface area contributed by atoms with E-state index in [1.165, 1.54) is 0 Å². The van der Waals surface area contributed by atoms with Crippen LogP contribution in [0.3, 0.4) is 0 Å². The van der Waals surface area contributed by atoms with Crippen molar-refractivity contribution >= 4 is 33.2 Å². The number of carbonyl (C=O) groups is 1. The van der Waals surface area contributed by atoms with Gasteiger partial charge in [0, 0.05) is 17.3 Å². The van der Waals surface area contributed by atoms with E-state index < -0.39 is 10.0 Å². The van der Waals surface area contributed by atoms with Gasteiger partial charge in [0.2, 0.25) is 10.0 Å². The monoisotopic (exact) mass is 360 g/mol. The molecule has 1 unspecified atom stereocenters. The summed E-state index contributed by atoms with van der Waals surface area (Å²) in [6.45, 7) is 2.30. The topological polar surface area (TPSA) is 75.7 Å². The lowest BCUT2D eigenvalue weighted by molar-refractivity contribution is -0.129. The van der Waals surface area contributed by atoms with Crippen molar-refractivity contribution in [3.63, 3.8) is 0 Å². The van der Waals surface area contributed by atoms with Gasteiger partial charge < -0.3 is 9.64 Å². The lowest BCUT2D eigenvalue weighted by Gasteiger charge is -2.32. The molecule has 1 fully saturated rings. The number of rotatable bonds is 7. The van der Waals surface area contributed by atoms with E-state index in [9.17, 15) is 13.2 Å². The molecule has 1 amide bonds. The van der Waals surface area contributed by atoms with E-state index in [1.54, 1.807) is 29.2 Å². The SMILES string of the molecule is CCCCS(=O)(=O)NCC1CN(c2cccc(Cl)c2)C(=O)CO1. The van der Waals surface area contributed by atoms with Crippen LogP contribution in [-0.2, 0) is 19.6 Å². The summed E-state index contributed by atoms with van der Waals surface area (Å²) in [6.07, 6.45) is 1.05. The number of unbranched alkanes of at least 4 members (excludes halogenated alkanes) is 1. The second-order valence-corrected chi connectivity index (χ2v) is 7.80. The number of nitrogens with one attached hydrogen (secondary N) is 1. The first kappa shape index (κ1) is 18.2. The molecule has 0 spiro atoms. The average Bonchev–Trinajstić information content (AvgIpc) is 2.52. The summed E-state index contributed by atoms with van der Waals surface area (Å²) in [5.41, 5.74) is 0.685. The van der Waals surface area contributed by atoms with E-state index in [2.05, 4.69) is 4.72 Å². The number of amides is 1. The molecule has 128 valence electrons. The first-order chi connectivity index (χ1) is 10.9. The third-order valence-electron chi connectivity index (χ3n) is 3.55. The first-order valence-corrected chi connectivity index (χ1v) is 9.59. The minimum atomic E-state index is -3.30.